The third-order valence-corrected chi connectivity index (χ3v) is 15.4. The number of amides is 1. The topological polar surface area (TPSA) is 251 Å². The number of carboxylic acid groups (broad SMARTS) is 1. The van der Waals surface area contributed by atoms with Gasteiger partial charge in [0.1, 0.15) is 0 Å². The number of carbonyl (C=O) groups is 2. The smallest absolute Gasteiger partial charge is 0.335 e. The van der Waals surface area contributed by atoms with Crippen LogP contribution in [0.15, 0.2) is 183 Å². The van der Waals surface area contributed by atoms with Crippen LogP contribution >= 0.6 is 0 Å². The number of carboxylic acids is 1. The average Bonchev–Trinajstić information content (AvgIpc) is 3.28. The van der Waals surface area contributed by atoms with E-state index >= 15 is 0 Å². The van der Waals surface area contributed by atoms with E-state index in [-0.39, 0.29) is 53.5 Å². The van der Waals surface area contributed by atoms with Gasteiger partial charge >= 0.3 is 5.97 Å². The first-order valence-electron chi connectivity index (χ1n) is 20.3. The van der Waals surface area contributed by atoms with Gasteiger partial charge in [0, 0.05) is 11.3 Å². The highest BCUT2D eigenvalue weighted by atomic mass is 32.2. The van der Waals surface area contributed by atoms with Crippen LogP contribution in [0.3, 0.4) is 0 Å². The van der Waals surface area contributed by atoms with Gasteiger partial charge < -0.3 is 10.4 Å². The van der Waals surface area contributed by atoms with Gasteiger partial charge in [-0.25, -0.2) is 38.5 Å². The summed E-state index contributed by atoms with van der Waals surface area (Å²) in [4.78, 5) is 24.2. The highest BCUT2D eigenvalue weighted by Gasteiger charge is 2.24. The summed E-state index contributed by atoms with van der Waals surface area (Å²) in [6, 6.07) is 40.8. The Kier molecular flexibility index (Phi) is 15.1. The van der Waals surface area contributed by atoms with Crippen molar-refractivity contribution in [3.63, 3.8) is 0 Å². The maximum atomic E-state index is 13.1. The Hall–Kier alpha value is -7.52. The highest BCUT2D eigenvalue weighted by Crippen LogP contribution is 2.31. The number of benzene rings is 7. The van der Waals surface area contributed by atoms with E-state index in [1.54, 1.807) is 79.7 Å². The van der Waals surface area contributed by atoms with Crippen LogP contribution in [0.4, 0.5) is 28.4 Å². The maximum absolute atomic E-state index is 13.1. The van der Waals surface area contributed by atoms with Crippen LogP contribution in [0.5, 0.6) is 0 Å². The van der Waals surface area contributed by atoms with E-state index in [0.29, 0.717) is 5.69 Å². The number of rotatable bonds is 15. The van der Waals surface area contributed by atoms with E-state index in [2.05, 4.69) is 24.2 Å². The van der Waals surface area contributed by atoms with Crippen LogP contribution in [-0.4, -0.2) is 50.7 Å². The fourth-order valence-corrected chi connectivity index (χ4v) is 10.4. The number of para-hydroxylation sites is 1. The van der Waals surface area contributed by atoms with Crippen molar-refractivity contribution in [2.75, 3.05) is 24.2 Å². The second kappa shape index (κ2) is 20.6. The lowest BCUT2D eigenvalue weighted by Gasteiger charge is -2.16. The lowest BCUT2D eigenvalue weighted by Crippen LogP contribution is -2.19. The minimum atomic E-state index is -4.10. The van der Waals surface area contributed by atoms with Crippen molar-refractivity contribution >= 4 is 80.4 Å². The zero-order valence-corrected chi connectivity index (χ0v) is 40.0. The molecule has 0 atom stereocenters. The Morgan fingerprint density at radius 1 is 0.368 bits per heavy atom. The molecule has 7 rings (SSSR count). The van der Waals surface area contributed by atoms with Crippen molar-refractivity contribution in [2.45, 2.75) is 47.3 Å². The van der Waals surface area contributed by atoms with Gasteiger partial charge in [0.2, 0.25) is 0 Å². The number of nitrogens with one attached hydrogen (secondary N) is 5. The minimum Gasteiger partial charge on any atom is -0.478 e. The summed E-state index contributed by atoms with van der Waals surface area (Å²) < 4.78 is 113. The number of sulfonamides is 4. The molecule has 0 bridgehead atoms. The third kappa shape index (κ3) is 12.9. The molecule has 0 spiro atoms. The van der Waals surface area contributed by atoms with E-state index < -0.39 is 52.0 Å². The summed E-state index contributed by atoms with van der Waals surface area (Å²) in [7, 11) is -16.3. The van der Waals surface area contributed by atoms with Crippen molar-refractivity contribution in [2.24, 2.45) is 0 Å². The van der Waals surface area contributed by atoms with Crippen LogP contribution in [0.2, 0.25) is 0 Å². The number of hydrogen-bond donors (Lipinski definition) is 6. The van der Waals surface area contributed by atoms with E-state index in [0.717, 1.165) is 28.3 Å². The molecule has 0 fully saturated rings. The highest BCUT2D eigenvalue weighted by molar-refractivity contribution is 7.93. The Morgan fingerprint density at radius 2 is 0.662 bits per heavy atom. The number of hydrogen-bond acceptors (Lipinski definition) is 10. The molecule has 1 amide bonds. The summed E-state index contributed by atoms with van der Waals surface area (Å²) in [5, 5.41) is 12.0. The van der Waals surface area contributed by atoms with Crippen molar-refractivity contribution < 1.29 is 48.4 Å². The quantitative estimate of drug-likeness (QED) is 0.0566. The molecule has 6 N–H and O–H groups in total. The molecule has 68 heavy (non-hydrogen) atoms. The predicted octanol–water partition coefficient (Wildman–Crippen LogP) is 8.76. The lowest BCUT2D eigenvalue weighted by molar-refractivity contribution is 0.0696. The summed E-state index contributed by atoms with van der Waals surface area (Å²) >= 11 is 0. The first-order chi connectivity index (χ1) is 32.0. The van der Waals surface area contributed by atoms with E-state index in [1.165, 1.54) is 78.9 Å². The van der Waals surface area contributed by atoms with Gasteiger partial charge in [-0.3, -0.25) is 23.7 Å². The molecule has 0 saturated carbocycles. The van der Waals surface area contributed by atoms with E-state index in [9.17, 15) is 48.4 Å². The molecule has 16 nitrogen and oxygen atoms in total. The summed E-state index contributed by atoms with van der Waals surface area (Å²) in [6.07, 6.45) is 0. The lowest BCUT2D eigenvalue weighted by atomic mass is 10.1. The summed E-state index contributed by atoms with van der Waals surface area (Å²) in [5.41, 5.74) is 3.52. The van der Waals surface area contributed by atoms with Crippen molar-refractivity contribution in [1.82, 2.24) is 0 Å². The van der Waals surface area contributed by atoms with Gasteiger partial charge in [-0.2, -0.15) is 0 Å². The van der Waals surface area contributed by atoms with Crippen molar-refractivity contribution in [3.05, 3.63) is 197 Å². The van der Waals surface area contributed by atoms with Crippen LogP contribution in [0.25, 0.3) is 0 Å². The SMILES string of the molecule is Cc1ccc(S(=O)(=O)Nc2ccc(C(=O)Nc3ccccc3)cc2NS(=O)(=O)c2ccc(C)cc2)cc1.Cc1ccc(S(=O)(=O)Nc2ccc(C(=O)O)cc2NS(=O)(=O)c2ccc(C)cc2)cc1. The number of anilines is 5. The molecule has 0 aliphatic heterocycles. The number of aromatic carboxylic acids is 1. The normalized spacial score (nSPS) is 11.6. The monoisotopic (exact) mass is 995 g/mol. The van der Waals surface area contributed by atoms with Gasteiger partial charge in [0.15, 0.2) is 0 Å². The predicted molar refractivity (Wildman–Crippen MR) is 262 cm³/mol. The third-order valence-electron chi connectivity index (χ3n) is 9.88. The summed E-state index contributed by atoms with van der Waals surface area (Å²) in [6.45, 7) is 7.28. The number of carbonyl (C=O) groups excluding carboxylic acids is 1. The molecule has 0 unspecified atom stereocenters. The van der Waals surface area contributed by atoms with Gasteiger partial charge in [-0.1, -0.05) is 89.0 Å². The van der Waals surface area contributed by atoms with Crippen LogP contribution in [-0.2, 0) is 40.1 Å². The molecule has 7 aromatic carbocycles. The zero-order chi connectivity index (χ0) is 49.4. The Labute approximate surface area is 395 Å². The van der Waals surface area contributed by atoms with Gasteiger partial charge in [0.05, 0.1) is 47.9 Å². The van der Waals surface area contributed by atoms with Crippen LogP contribution in [0, 0.1) is 27.7 Å². The first-order valence-corrected chi connectivity index (χ1v) is 26.2. The van der Waals surface area contributed by atoms with Crippen molar-refractivity contribution in [3.8, 4) is 0 Å². The molecule has 20 heteroatoms. The second-order valence-corrected chi connectivity index (χ2v) is 22.0. The first kappa shape index (κ1) is 49.9. The Bertz CT molecular complexity index is 3430. The molecule has 0 heterocycles. The van der Waals surface area contributed by atoms with E-state index in [1.807, 2.05) is 26.8 Å². The number of aryl methyl sites for hydroxylation is 4. The molecule has 7 aromatic rings. The molecule has 0 aromatic heterocycles. The molecule has 0 saturated heterocycles. The summed E-state index contributed by atoms with van der Waals surface area (Å²) in [5.74, 6) is -1.78. The van der Waals surface area contributed by atoms with Gasteiger partial charge in [-0.15, -0.1) is 0 Å². The van der Waals surface area contributed by atoms with Crippen LogP contribution in [0.1, 0.15) is 43.0 Å². The maximum Gasteiger partial charge on any atom is 0.335 e. The Morgan fingerprint density at radius 3 is 0.985 bits per heavy atom. The standard InChI is InChI=1S/C27H25N3O5S2.C21H20N2O6S2/c1-19-8-13-23(14-9-19)36(32,33)29-25-17-12-21(27(31)28-22-6-4-3-5-7-22)18-26(25)30-37(34,35)24-15-10-20(2)11-16-24;1-14-3-8-17(9-4-14)30(26,27)22-19-12-7-16(21(24)25)13-20(19)23-31(28,29)18-10-5-15(2)6-11-18/h3-18,29-30H,1-2H3,(H,28,31);3-13,22-23H,1-2H3,(H,24,25). The average molecular weight is 996 g/mol. The molecule has 0 radical (unpaired) electrons. The Balaban J connectivity index is 0.000000228. The molecule has 352 valence electrons. The van der Waals surface area contributed by atoms with Crippen LogP contribution < -0.4 is 24.2 Å². The molecular weight excluding hydrogens is 951 g/mol. The molecular formula is C48H45N5O11S4. The van der Waals surface area contributed by atoms with E-state index in [4.69, 9.17) is 0 Å². The zero-order valence-electron chi connectivity index (χ0n) is 36.8. The molecule has 0 aliphatic rings. The largest absolute Gasteiger partial charge is 0.478 e. The van der Waals surface area contributed by atoms with Crippen molar-refractivity contribution in [1.29, 1.82) is 0 Å². The minimum absolute atomic E-state index is 0.00965. The molecule has 0 aliphatic carbocycles. The second-order valence-electron chi connectivity index (χ2n) is 15.3. The van der Waals surface area contributed by atoms with Gasteiger partial charge in [-0.05, 0) is 125 Å². The fourth-order valence-electron chi connectivity index (χ4n) is 6.12. The van der Waals surface area contributed by atoms with Gasteiger partial charge in [0.25, 0.3) is 46.0 Å². The fraction of sp³-hybridized carbons (Fsp3) is 0.0833.